The number of fused-ring (bicyclic) bond motifs is 7. The number of rotatable bonds is 1. The maximum Gasteiger partial charge on any atom is 0.0702 e. The van der Waals surface area contributed by atoms with E-state index in [1.165, 1.54) is 48.8 Å². The summed E-state index contributed by atoms with van der Waals surface area (Å²) in [5.41, 5.74) is 3.47. The number of nitrogens with zero attached hydrogens (tertiary/aromatic N) is 1. The Bertz CT molecular complexity index is 1550. The van der Waals surface area contributed by atoms with Gasteiger partial charge in [0.1, 0.15) is 0 Å². The highest BCUT2D eigenvalue weighted by molar-refractivity contribution is 9.10. The van der Waals surface area contributed by atoms with Gasteiger partial charge in [0.2, 0.25) is 0 Å². The summed E-state index contributed by atoms with van der Waals surface area (Å²) in [6.45, 7) is 0. The second-order valence-electron chi connectivity index (χ2n) is 7.41. The van der Waals surface area contributed by atoms with Crippen LogP contribution in [0, 0.1) is 0 Å². The maximum atomic E-state index is 4.44. The van der Waals surface area contributed by atoms with E-state index in [-0.39, 0.29) is 0 Å². The first-order chi connectivity index (χ1) is 14.3. The zero-order valence-corrected chi connectivity index (χ0v) is 17.1. The smallest absolute Gasteiger partial charge is 0.0702 e. The molecule has 0 unspecified atom stereocenters. The fraction of sp³-hybridized carbons (Fsp3) is 0. The summed E-state index contributed by atoms with van der Waals surface area (Å²) in [6.07, 6.45) is 1.84. The van der Waals surface area contributed by atoms with E-state index < -0.39 is 0 Å². The molecular weight excluding hydrogens is 418 g/mol. The van der Waals surface area contributed by atoms with Crippen LogP contribution >= 0.6 is 15.9 Å². The molecule has 0 aliphatic heterocycles. The zero-order chi connectivity index (χ0) is 19.4. The molecular formula is C27H16BrN. The summed E-state index contributed by atoms with van der Waals surface area (Å²) in [6, 6.07) is 32.7. The van der Waals surface area contributed by atoms with Crippen LogP contribution in [-0.2, 0) is 0 Å². The van der Waals surface area contributed by atoms with Crippen molar-refractivity contribution in [3.05, 3.63) is 102 Å². The lowest BCUT2D eigenvalue weighted by Gasteiger charge is -2.12. The third-order valence-electron chi connectivity index (χ3n) is 5.74. The number of benzene rings is 5. The van der Waals surface area contributed by atoms with E-state index in [2.05, 4.69) is 106 Å². The van der Waals surface area contributed by atoms with Crippen LogP contribution in [0.5, 0.6) is 0 Å². The van der Waals surface area contributed by atoms with Crippen molar-refractivity contribution in [3.63, 3.8) is 0 Å². The number of pyridine rings is 1. The molecule has 5 aromatic carbocycles. The van der Waals surface area contributed by atoms with Crippen molar-refractivity contribution in [2.24, 2.45) is 0 Å². The first kappa shape index (κ1) is 16.7. The molecule has 0 fully saturated rings. The molecule has 0 saturated carbocycles. The number of aromatic nitrogens is 1. The lowest BCUT2D eigenvalue weighted by atomic mass is 9.92. The third kappa shape index (κ3) is 2.64. The van der Waals surface area contributed by atoms with Gasteiger partial charge in [-0.15, -0.1) is 0 Å². The Kier molecular flexibility index (Phi) is 3.68. The molecule has 29 heavy (non-hydrogen) atoms. The van der Waals surface area contributed by atoms with E-state index in [4.69, 9.17) is 0 Å². The third-order valence-corrected chi connectivity index (χ3v) is 6.23. The molecule has 1 nitrogen and oxygen atoms in total. The Morgan fingerprint density at radius 3 is 2.00 bits per heavy atom. The summed E-state index contributed by atoms with van der Waals surface area (Å²) < 4.78 is 1.11. The van der Waals surface area contributed by atoms with E-state index in [1.54, 1.807) is 0 Å². The highest BCUT2D eigenvalue weighted by atomic mass is 79.9. The molecule has 0 bridgehead atoms. The summed E-state index contributed by atoms with van der Waals surface area (Å²) in [4.78, 5) is 4.44. The van der Waals surface area contributed by atoms with Gasteiger partial charge < -0.3 is 0 Å². The van der Waals surface area contributed by atoms with Crippen LogP contribution in [0.1, 0.15) is 0 Å². The largest absolute Gasteiger partial charge is 0.256 e. The normalized spacial score (nSPS) is 11.6. The van der Waals surface area contributed by atoms with Gasteiger partial charge >= 0.3 is 0 Å². The van der Waals surface area contributed by atoms with Crippen LogP contribution in [0.15, 0.2) is 102 Å². The predicted octanol–water partition coefficient (Wildman–Crippen LogP) is 8.12. The lowest BCUT2D eigenvalue weighted by Crippen LogP contribution is -1.86. The quantitative estimate of drug-likeness (QED) is 0.238. The number of hydrogen-bond acceptors (Lipinski definition) is 1. The van der Waals surface area contributed by atoms with Gasteiger partial charge in [0.15, 0.2) is 0 Å². The molecule has 0 N–H and O–H groups in total. The number of halogens is 1. The molecule has 2 heteroatoms. The monoisotopic (exact) mass is 433 g/mol. The van der Waals surface area contributed by atoms with Gasteiger partial charge in [-0.05, 0) is 79.8 Å². The van der Waals surface area contributed by atoms with E-state index in [0.29, 0.717) is 0 Å². The molecule has 0 amide bonds. The van der Waals surface area contributed by atoms with Crippen LogP contribution in [-0.4, -0.2) is 4.98 Å². The second-order valence-corrected chi connectivity index (χ2v) is 8.32. The van der Waals surface area contributed by atoms with Gasteiger partial charge in [0.25, 0.3) is 0 Å². The molecule has 0 saturated heterocycles. The summed E-state index contributed by atoms with van der Waals surface area (Å²) >= 11 is 3.64. The molecule has 6 rings (SSSR count). The highest BCUT2D eigenvalue weighted by Gasteiger charge is 2.10. The molecule has 1 heterocycles. The average molecular weight is 434 g/mol. The minimum Gasteiger partial charge on any atom is -0.256 e. The van der Waals surface area contributed by atoms with Crippen molar-refractivity contribution in [2.75, 3.05) is 0 Å². The van der Waals surface area contributed by atoms with Crippen molar-refractivity contribution in [3.8, 4) is 11.1 Å². The van der Waals surface area contributed by atoms with Crippen molar-refractivity contribution >= 4 is 59.2 Å². The Balaban J connectivity index is 1.69. The van der Waals surface area contributed by atoms with Gasteiger partial charge in [0, 0.05) is 16.1 Å². The Hall–Kier alpha value is -3.23. The molecule has 0 aliphatic carbocycles. The van der Waals surface area contributed by atoms with Crippen LogP contribution in [0.3, 0.4) is 0 Å². The van der Waals surface area contributed by atoms with Crippen molar-refractivity contribution < 1.29 is 0 Å². The lowest BCUT2D eigenvalue weighted by molar-refractivity contribution is 1.41. The van der Waals surface area contributed by atoms with Crippen LogP contribution < -0.4 is 0 Å². The standard InChI is InChI=1S/C27H16BrN/c28-20-9-11-24-23-10-7-18(17-8-12-27-19(14-17)4-3-13-29-27)15-25(23)21-5-1-2-6-22(21)26(24)16-20/h1-16H. The molecule has 0 aliphatic rings. The van der Waals surface area contributed by atoms with Gasteiger partial charge in [-0.3, -0.25) is 4.98 Å². The molecule has 6 aromatic rings. The summed E-state index contributed by atoms with van der Waals surface area (Å²) in [5, 5.41) is 8.90. The SMILES string of the molecule is Brc1ccc2c3ccc(-c4ccc5ncccc5c4)cc3c3ccccc3c2c1. The first-order valence-electron chi connectivity index (χ1n) is 9.67. The molecule has 0 spiro atoms. The Morgan fingerprint density at radius 1 is 0.517 bits per heavy atom. The number of hydrogen-bond donors (Lipinski definition) is 0. The molecule has 1 aromatic heterocycles. The van der Waals surface area contributed by atoms with Crippen molar-refractivity contribution in [1.29, 1.82) is 0 Å². The average Bonchev–Trinajstić information content (AvgIpc) is 2.78. The van der Waals surface area contributed by atoms with E-state index in [9.17, 15) is 0 Å². The van der Waals surface area contributed by atoms with Gasteiger partial charge in [-0.25, -0.2) is 0 Å². The molecule has 0 atom stereocenters. The minimum atomic E-state index is 1.03. The zero-order valence-electron chi connectivity index (χ0n) is 15.6. The van der Waals surface area contributed by atoms with E-state index >= 15 is 0 Å². The van der Waals surface area contributed by atoms with Crippen molar-refractivity contribution in [1.82, 2.24) is 4.98 Å². The van der Waals surface area contributed by atoms with Gasteiger partial charge in [0.05, 0.1) is 5.52 Å². The maximum absolute atomic E-state index is 4.44. The van der Waals surface area contributed by atoms with Gasteiger partial charge in [-0.1, -0.05) is 70.5 Å². The minimum absolute atomic E-state index is 1.03. The molecule has 0 radical (unpaired) electrons. The Labute approximate surface area is 176 Å². The Morgan fingerprint density at radius 2 is 1.17 bits per heavy atom. The predicted molar refractivity (Wildman–Crippen MR) is 127 cm³/mol. The highest BCUT2D eigenvalue weighted by Crippen LogP contribution is 2.38. The van der Waals surface area contributed by atoms with Crippen LogP contribution in [0.4, 0.5) is 0 Å². The van der Waals surface area contributed by atoms with Crippen LogP contribution in [0.25, 0.3) is 54.3 Å². The fourth-order valence-electron chi connectivity index (χ4n) is 4.36. The fourth-order valence-corrected chi connectivity index (χ4v) is 4.72. The van der Waals surface area contributed by atoms with E-state index in [0.717, 1.165) is 9.99 Å². The van der Waals surface area contributed by atoms with Gasteiger partial charge in [-0.2, -0.15) is 0 Å². The van der Waals surface area contributed by atoms with Crippen molar-refractivity contribution in [2.45, 2.75) is 0 Å². The van der Waals surface area contributed by atoms with E-state index in [1.807, 2.05) is 12.3 Å². The topological polar surface area (TPSA) is 12.9 Å². The summed E-state index contributed by atoms with van der Waals surface area (Å²) in [7, 11) is 0. The second kappa shape index (κ2) is 6.40. The molecule has 136 valence electrons. The first-order valence-corrected chi connectivity index (χ1v) is 10.5. The summed E-state index contributed by atoms with van der Waals surface area (Å²) in [5.74, 6) is 0. The van der Waals surface area contributed by atoms with Crippen LogP contribution in [0.2, 0.25) is 0 Å².